The molecule has 1 aromatic heterocycles. The van der Waals surface area contributed by atoms with Crippen LogP contribution < -0.4 is 5.56 Å². The van der Waals surface area contributed by atoms with Crippen molar-refractivity contribution in [1.82, 2.24) is 4.57 Å². The summed E-state index contributed by atoms with van der Waals surface area (Å²) in [6.45, 7) is 11.7. The van der Waals surface area contributed by atoms with Crippen molar-refractivity contribution in [2.24, 2.45) is 0 Å². The minimum atomic E-state index is -0.588. The van der Waals surface area contributed by atoms with Crippen molar-refractivity contribution in [3.63, 3.8) is 0 Å². The summed E-state index contributed by atoms with van der Waals surface area (Å²) >= 11 is 3.30. The van der Waals surface area contributed by atoms with E-state index in [1.165, 1.54) is 10.6 Å². The zero-order chi connectivity index (χ0) is 21.1. The zero-order valence-corrected chi connectivity index (χ0v) is 18.0. The molecule has 28 heavy (non-hydrogen) atoms. The summed E-state index contributed by atoms with van der Waals surface area (Å²) in [6.07, 6.45) is 3.97. The van der Waals surface area contributed by atoms with Gasteiger partial charge in [-0.05, 0) is 57.2 Å². The van der Waals surface area contributed by atoms with Crippen LogP contribution in [0.2, 0.25) is 0 Å². The number of hydrogen-bond acceptors (Lipinski definition) is 2. The monoisotopic (exact) mass is 443 g/mol. The number of pyridine rings is 1. The molecule has 0 atom stereocenters. The summed E-state index contributed by atoms with van der Waals surface area (Å²) in [4.78, 5) is 24.4. The SMILES string of the molecule is C=CC(C)(C)c1cc(F)c2c(=O)n(-c3cccc(Br)c3C=O)ccc2c1.CC. The Morgan fingerprint density at radius 1 is 1.18 bits per heavy atom. The Bertz CT molecular complexity index is 1100. The summed E-state index contributed by atoms with van der Waals surface area (Å²) in [5.41, 5.74) is 0.545. The van der Waals surface area contributed by atoms with Crippen molar-refractivity contribution in [2.75, 3.05) is 0 Å². The predicted molar refractivity (Wildman–Crippen MR) is 117 cm³/mol. The Balaban J connectivity index is 0.00000136. The van der Waals surface area contributed by atoms with Crippen molar-refractivity contribution in [2.45, 2.75) is 33.1 Å². The highest BCUT2D eigenvalue weighted by molar-refractivity contribution is 9.10. The van der Waals surface area contributed by atoms with E-state index in [0.717, 1.165) is 5.56 Å². The van der Waals surface area contributed by atoms with Gasteiger partial charge >= 0.3 is 0 Å². The fraction of sp³-hybridized carbons (Fsp3) is 0.217. The molecule has 0 bridgehead atoms. The molecule has 0 saturated heterocycles. The first-order chi connectivity index (χ1) is 13.3. The summed E-state index contributed by atoms with van der Waals surface area (Å²) in [6, 6.07) is 9.93. The highest BCUT2D eigenvalue weighted by Crippen LogP contribution is 2.29. The van der Waals surface area contributed by atoms with Gasteiger partial charge in [-0.25, -0.2) is 4.39 Å². The van der Waals surface area contributed by atoms with Crippen LogP contribution in [0, 0.1) is 5.82 Å². The molecule has 5 heteroatoms. The molecule has 0 N–H and O–H groups in total. The average Bonchev–Trinajstić information content (AvgIpc) is 2.69. The number of aromatic nitrogens is 1. The van der Waals surface area contributed by atoms with Gasteiger partial charge in [-0.1, -0.05) is 39.8 Å². The molecule has 3 rings (SSSR count). The second kappa shape index (κ2) is 8.65. The van der Waals surface area contributed by atoms with Gasteiger partial charge in [0.1, 0.15) is 5.82 Å². The number of aldehydes is 1. The molecule has 0 radical (unpaired) electrons. The molecule has 0 fully saturated rings. The van der Waals surface area contributed by atoms with Crippen LogP contribution in [0.4, 0.5) is 4.39 Å². The second-order valence-corrected chi connectivity index (χ2v) is 7.48. The van der Waals surface area contributed by atoms with Crippen molar-refractivity contribution in [3.8, 4) is 5.69 Å². The fourth-order valence-electron chi connectivity index (χ4n) is 2.86. The van der Waals surface area contributed by atoms with E-state index in [9.17, 15) is 14.0 Å². The average molecular weight is 444 g/mol. The molecule has 1 heterocycles. The molecule has 0 saturated carbocycles. The quantitative estimate of drug-likeness (QED) is 0.355. The maximum absolute atomic E-state index is 14.8. The Labute approximate surface area is 172 Å². The number of nitrogens with zero attached hydrogens (tertiary/aromatic N) is 1. The Kier molecular flexibility index (Phi) is 6.73. The number of fused-ring (bicyclic) bond motifs is 1. The van der Waals surface area contributed by atoms with E-state index in [4.69, 9.17) is 0 Å². The van der Waals surface area contributed by atoms with Crippen LogP contribution in [0.3, 0.4) is 0 Å². The van der Waals surface area contributed by atoms with Crippen molar-refractivity contribution in [1.29, 1.82) is 0 Å². The number of carbonyl (C=O) groups is 1. The number of allylic oxidation sites excluding steroid dienone is 1. The van der Waals surface area contributed by atoms with Crippen LogP contribution >= 0.6 is 15.9 Å². The van der Waals surface area contributed by atoms with Crippen molar-refractivity contribution in [3.05, 3.63) is 87.0 Å². The lowest BCUT2D eigenvalue weighted by atomic mass is 9.84. The summed E-state index contributed by atoms with van der Waals surface area (Å²) in [7, 11) is 0. The van der Waals surface area contributed by atoms with Gasteiger partial charge in [-0.3, -0.25) is 14.2 Å². The lowest BCUT2D eigenvalue weighted by Gasteiger charge is -2.21. The first-order valence-electron chi connectivity index (χ1n) is 9.03. The van der Waals surface area contributed by atoms with E-state index in [1.807, 2.05) is 27.7 Å². The maximum Gasteiger partial charge on any atom is 0.265 e. The third kappa shape index (κ3) is 3.85. The van der Waals surface area contributed by atoms with Crippen LogP contribution in [0.15, 0.2) is 64.5 Å². The molecule has 146 valence electrons. The second-order valence-electron chi connectivity index (χ2n) is 6.63. The molecular weight excluding hydrogens is 421 g/mol. The van der Waals surface area contributed by atoms with E-state index in [2.05, 4.69) is 22.5 Å². The van der Waals surface area contributed by atoms with Gasteiger partial charge in [0.15, 0.2) is 6.29 Å². The lowest BCUT2D eigenvalue weighted by Crippen LogP contribution is -2.21. The van der Waals surface area contributed by atoms with Crippen molar-refractivity contribution >= 4 is 33.0 Å². The zero-order valence-electron chi connectivity index (χ0n) is 16.4. The van der Waals surface area contributed by atoms with Crippen LogP contribution in [-0.4, -0.2) is 10.9 Å². The molecule has 3 nitrogen and oxygen atoms in total. The molecular formula is C23H23BrFNO2. The highest BCUT2D eigenvalue weighted by atomic mass is 79.9. The topological polar surface area (TPSA) is 39.1 Å². The van der Waals surface area contributed by atoms with E-state index >= 15 is 0 Å². The first-order valence-corrected chi connectivity index (χ1v) is 9.82. The maximum atomic E-state index is 14.8. The molecule has 0 aliphatic rings. The normalized spacial score (nSPS) is 10.9. The molecule has 0 spiro atoms. The molecule has 3 aromatic rings. The molecule has 0 unspecified atom stereocenters. The van der Waals surface area contributed by atoms with Crippen LogP contribution in [-0.2, 0) is 5.41 Å². The summed E-state index contributed by atoms with van der Waals surface area (Å²) < 4.78 is 16.7. The first kappa shape index (κ1) is 21.8. The summed E-state index contributed by atoms with van der Waals surface area (Å²) in [5, 5.41) is 0.506. The minimum absolute atomic E-state index is 0.00654. The van der Waals surface area contributed by atoms with Gasteiger partial charge in [-0.15, -0.1) is 6.58 Å². The smallest absolute Gasteiger partial charge is 0.265 e. The molecule has 0 aliphatic carbocycles. The Morgan fingerprint density at radius 3 is 2.46 bits per heavy atom. The third-order valence-electron chi connectivity index (χ3n) is 4.62. The van der Waals surface area contributed by atoms with Crippen LogP contribution in [0.5, 0.6) is 0 Å². The molecule has 0 aliphatic heterocycles. The Hall–Kier alpha value is -2.53. The van der Waals surface area contributed by atoms with Gasteiger partial charge < -0.3 is 0 Å². The number of halogens is 2. The van der Waals surface area contributed by atoms with E-state index in [0.29, 0.717) is 27.4 Å². The Morgan fingerprint density at radius 2 is 1.86 bits per heavy atom. The fourth-order valence-corrected chi connectivity index (χ4v) is 3.31. The largest absolute Gasteiger partial charge is 0.298 e. The summed E-state index contributed by atoms with van der Waals surface area (Å²) in [5.74, 6) is -0.588. The predicted octanol–water partition coefficient (Wildman–Crippen LogP) is 6.19. The van der Waals surface area contributed by atoms with Gasteiger partial charge in [0, 0.05) is 16.1 Å². The van der Waals surface area contributed by atoms with Crippen LogP contribution in [0.25, 0.3) is 16.5 Å². The van der Waals surface area contributed by atoms with E-state index in [1.54, 1.807) is 42.6 Å². The van der Waals surface area contributed by atoms with Gasteiger partial charge in [0.25, 0.3) is 5.56 Å². The molecule has 2 aromatic carbocycles. The highest BCUT2D eigenvalue weighted by Gasteiger charge is 2.20. The minimum Gasteiger partial charge on any atom is -0.298 e. The number of rotatable bonds is 4. The molecule has 0 amide bonds. The number of carbonyl (C=O) groups excluding carboxylic acids is 1. The van der Waals surface area contributed by atoms with Gasteiger partial charge in [0.05, 0.1) is 16.6 Å². The van der Waals surface area contributed by atoms with Gasteiger partial charge in [0.2, 0.25) is 0 Å². The lowest BCUT2D eigenvalue weighted by molar-refractivity contribution is 0.112. The number of benzene rings is 2. The standard InChI is InChI=1S/C21H17BrFNO2.C2H6/c1-4-21(2,3)14-10-13-8-9-24(20(26)19(13)17(23)11-14)18-7-5-6-16(22)15(18)12-25;1-2/h4-12H,1H2,2-3H3;1-2H3. The third-order valence-corrected chi connectivity index (χ3v) is 5.31. The van der Waals surface area contributed by atoms with Crippen molar-refractivity contribution < 1.29 is 9.18 Å². The van der Waals surface area contributed by atoms with Crippen LogP contribution in [0.1, 0.15) is 43.6 Å². The van der Waals surface area contributed by atoms with E-state index in [-0.39, 0.29) is 5.39 Å². The number of hydrogen-bond donors (Lipinski definition) is 0. The van der Waals surface area contributed by atoms with Gasteiger partial charge in [-0.2, -0.15) is 0 Å². The van der Waals surface area contributed by atoms with E-state index < -0.39 is 16.8 Å².